The molecule has 0 saturated carbocycles. The molecule has 3 nitrogen and oxygen atoms in total. The van der Waals surface area contributed by atoms with Gasteiger partial charge in [0.2, 0.25) is 0 Å². The van der Waals surface area contributed by atoms with Crippen molar-refractivity contribution in [1.29, 1.82) is 0 Å². The zero-order valence-corrected chi connectivity index (χ0v) is 16.9. The average Bonchev–Trinajstić information content (AvgIpc) is 2.71. The maximum absolute atomic E-state index is 13.9. The molecule has 2 aromatic carbocycles. The van der Waals surface area contributed by atoms with Crippen molar-refractivity contribution in [2.45, 2.75) is 45.4 Å². The second kappa shape index (κ2) is 12.6. The van der Waals surface area contributed by atoms with Gasteiger partial charge in [0.15, 0.2) is 17.4 Å². The molecule has 0 radical (unpaired) electrons. The van der Waals surface area contributed by atoms with Gasteiger partial charge in [0, 0.05) is 5.56 Å². The van der Waals surface area contributed by atoms with Crippen LogP contribution in [-0.2, 0) is 6.42 Å². The van der Waals surface area contributed by atoms with E-state index in [1.54, 1.807) is 6.21 Å². The van der Waals surface area contributed by atoms with Gasteiger partial charge in [0.05, 0.1) is 12.4 Å². The van der Waals surface area contributed by atoms with Gasteiger partial charge < -0.3 is 4.74 Å². The molecular formula is C24H28F2N2O. The Morgan fingerprint density at radius 3 is 2.14 bits per heavy atom. The lowest BCUT2D eigenvalue weighted by Gasteiger charge is -2.06. The Kier molecular flexibility index (Phi) is 9.76. The predicted octanol–water partition coefficient (Wildman–Crippen LogP) is 6.50. The number of hydrogen-bond acceptors (Lipinski definition) is 3. The van der Waals surface area contributed by atoms with E-state index in [1.807, 2.05) is 12.1 Å². The van der Waals surface area contributed by atoms with Gasteiger partial charge in [-0.1, -0.05) is 69.5 Å². The first-order valence-electron chi connectivity index (χ1n) is 10.0. The number of aryl methyl sites for hydroxylation is 1. The molecule has 2 aromatic rings. The van der Waals surface area contributed by atoms with E-state index in [4.69, 9.17) is 4.74 Å². The largest absolute Gasteiger partial charge is 0.483 e. The molecule has 5 heteroatoms. The fraction of sp³-hybridized carbons (Fsp3) is 0.333. The third-order valence-electron chi connectivity index (χ3n) is 4.40. The van der Waals surface area contributed by atoms with E-state index in [-0.39, 0.29) is 12.2 Å². The lowest BCUT2D eigenvalue weighted by atomic mass is 10.0. The molecular weight excluding hydrogens is 370 g/mol. The van der Waals surface area contributed by atoms with E-state index < -0.39 is 17.4 Å². The fourth-order valence-electron chi connectivity index (χ4n) is 2.84. The Balaban J connectivity index is 1.87. The fourth-order valence-corrected chi connectivity index (χ4v) is 2.84. The summed E-state index contributed by atoms with van der Waals surface area (Å²) in [4.78, 5) is 0. The van der Waals surface area contributed by atoms with E-state index in [1.165, 1.54) is 50.0 Å². The van der Waals surface area contributed by atoms with E-state index in [0.717, 1.165) is 24.1 Å². The van der Waals surface area contributed by atoms with Gasteiger partial charge in [0.1, 0.15) is 6.61 Å². The molecule has 0 heterocycles. The second-order valence-corrected chi connectivity index (χ2v) is 6.81. The van der Waals surface area contributed by atoms with Crippen molar-refractivity contribution in [1.82, 2.24) is 0 Å². The lowest BCUT2D eigenvalue weighted by Crippen LogP contribution is -2.00. The van der Waals surface area contributed by atoms with Crippen LogP contribution in [0.15, 0.2) is 59.3 Å². The minimum Gasteiger partial charge on any atom is -0.483 e. The molecule has 0 aromatic heterocycles. The summed E-state index contributed by atoms with van der Waals surface area (Å²) in [7, 11) is 0. The number of rotatable bonds is 12. The summed E-state index contributed by atoms with van der Waals surface area (Å²) in [6.07, 6.45) is 11.8. The van der Waals surface area contributed by atoms with Crippen LogP contribution in [0.2, 0.25) is 0 Å². The number of benzene rings is 2. The quantitative estimate of drug-likeness (QED) is 0.174. The summed E-state index contributed by atoms with van der Waals surface area (Å²) in [6, 6.07) is 10.5. The van der Waals surface area contributed by atoms with Crippen LogP contribution in [0.25, 0.3) is 0 Å². The highest BCUT2D eigenvalue weighted by Gasteiger charge is 2.11. The van der Waals surface area contributed by atoms with Crippen LogP contribution in [0.4, 0.5) is 8.78 Å². The molecule has 2 rings (SSSR count). The Bertz CT molecular complexity index is 806. The molecule has 0 amide bonds. The minimum absolute atomic E-state index is 0.0310. The Morgan fingerprint density at radius 1 is 0.897 bits per heavy atom. The van der Waals surface area contributed by atoms with Crippen LogP contribution in [0.5, 0.6) is 5.75 Å². The van der Waals surface area contributed by atoms with Crippen molar-refractivity contribution in [2.24, 2.45) is 10.2 Å². The zero-order valence-electron chi connectivity index (χ0n) is 16.9. The summed E-state index contributed by atoms with van der Waals surface area (Å²) in [5, 5.41) is 7.81. The molecule has 0 atom stereocenters. The maximum Gasteiger partial charge on any atom is 0.191 e. The van der Waals surface area contributed by atoms with Crippen molar-refractivity contribution in [3.8, 4) is 5.75 Å². The Morgan fingerprint density at radius 2 is 1.52 bits per heavy atom. The standard InChI is InChI=1S/C24H28F2N2O/c1-3-5-6-7-8-9-19-10-12-20(13-11-19)17-27-28-18-21-15-22(25)24(23(26)16-21)29-14-4-2/h4,10-13,15-18H,2-3,5-9,14H2,1H3/b27-17+,28-18+. The zero-order chi connectivity index (χ0) is 20.9. The van der Waals surface area contributed by atoms with E-state index in [2.05, 4.69) is 35.8 Å². The van der Waals surface area contributed by atoms with Crippen molar-refractivity contribution < 1.29 is 13.5 Å². The van der Waals surface area contributed by atoms with Gasteiger partial charge in [-0.05, 0) is 36.1 Å². The number of hydrogen-bond donors (Lipinski definition) is 0. The second-order valence-electron chi connectivity index (χ2n) is 6.81. The summed E-state index contributed by atoms with van der Waals surface area (Å²) in [6.45, 7) is 5.70. The molecule has 0 aliphatic heterocycles. The molecule has 0 saturated heterocycles. The molecule has 0 aliphatic carbocycles. The highest BCUT2D eigenvalue weighted by molar-refractivity contribution is 5.82. The topological polar surface area (TPSA) is 34.0 Å². The monoisotopic (exact) mass is 398 g/mol. The van der Waals surface area contributed by atoms with Gasteiger partial charge in [0.25, 0.3) is 0 Å². The molecule has 0 unspecified atom stereocenters. The van der Waals surface area contributed by atoms with Gasteiger partial charge >= 0.3 is 0 Å². The molecule has 0 N–H and O–H groups in total. The first kappa shape index (κ1) is 22.5. The van der Waals surface area contributed by atoms with Crippen LogP contribution >= 0.6 is 0 Å². The average molecular weight is 398 g/mol. The van der Waals surface area contributed by atoms with Crippen LogP contribution in [0.1, 0.15) is 55.7 Å². The van der Waals surface area contributed by atoms with Crippen LogP contribution in [-0.4, -0.2) is 19.0 Å². The van der Waals surface area contributed by atoms with Gasteiger partial charge in [-0.25, -0.2) is 8.78 Å². The third-order valence-corrected chi connectivity index (χ3v) is 4.40. The number of nitrogens with zero attached hydrogens (tertiary/aromatic N) is 2. The van der Waals surface area contributed by atoms with Gasteiger partial charge in [-0.15, -0.1) is 0 Å². The highest BCUT2D eigenvalue weighted by atomic mass is 19.1. The van der Waals surface area contributed by atoms with Crippen molar-refractivity contribution in [2.75, 3.05) is 6.61 Å². The number of ether oxygens (including phenoxy) is 1. The molecule has 0 spiro atoms. The van der Waals surface area contributed by atoms with Crippen LogP contribution < -0.4 is 4.74 Å². The summed E-state index contributed by atoms with van der Waals surface area (Å²) < 4.78 is 32.8. The number of halogens is 2. The Labute approximate surface area is 171 Å². The molecule has 29 heavy (non-hydrogen) atoms. The normalized spacial score (nSPS) is 11.4. The van der Waals surface area contributed by atoms with E-state index in [9.17, 15) is 8.78 Å². The summed E-state index contributed by atoms with van der Waals surface area (Å²) in [5.41, 5.74) is 2.50. The van der Waals surface area contributed by atoms with Crippen LogP contribution in [0, 0.1) is 11.6 Å². The third kappa shape index (κ3) is 7.98. The van der Waals surface area contributed by atoms with E-state index >= 15 is 0 Å². The van der Waals surface area contributed by atoms with Crippen LogP contribution in [0.3, 0.4) is 0 Å². The molecule has 154 valence electrons. The number of unbranched alkanes of at least 4 members (excludes halogenated alkanes) is 4. The predicted molar refractivity (Wildman–Crippen MR) is 116 cm³/mol. The first-order valence-corrected chi connectivity index (χ1v) is 10.0. The molecule has 0 fully saturated rings. The Hall–Kier alpha value is -2.82. The van der Waals surface area contributed by atoms with E-state index in [0.29, 0.717) is 0 Å². The SMILES string of the molecule is C=CCOc1c(F)cc(/C=N/N=C/c2ccc(CCCCCCC)cc2)cc1F. The van der Waals surface area contributed by atoms with Gasteiger partial charge in [-0.3, -0.25) is 0 Å². The van der Waals surface area contributed by atoms with Crippen molar-refractivity contribution in [3.05, 3.63) is 77.4 Å². The van der Waals surface area contributed by atoms with Gasteiger partial charge in [-0.2, -0.15) is 10.2 Å². The highest BCUT2D eigenvalue weighted by Crippen LogP contribution is 2.22. The summed E-state index contributed by atoms with van der Waals surface area (Å²) in [5.74, 6) is -2.00. The summed E-state index contributed by atoms with van der Waals surface area (Å²) >= 11 is 0. The van der Waals surface area contributed by atoms with Crippen molar-refractivity contribution in [3.63, 3.8) is 0 Å². The minimum atomic E-state index is -0.789. The first-order chi connectivity index (χ1) is 14.1. The maximum atomic E-state index is 13.9. The van der Waals surface area contributed by atoms with Crippen molar-refractivity contribution >= 4 is 12.4 Å². The molecule has 0 bridgehead atoms. The molecule has 0 aliphatic rings. The smallest absolute Gasteiger partial charge is 0.191 e. The lowest BCUT2D eigenvalue weighted by molar-refractivity contribution is 0.321.